The fourth-order valence-corrected chi connectivity index (χ4v) is 3.71. The average molecular weight is 416 g/mol. The van der Waals surface area contributed by atoms with Crippen molar-refractivity contribution in [2.45, 2.75) is 30.0 Å². The minimum atomic E-state index is -3.38. The quantitative estimate of drug-likeness (QED) is 0.193. The van der Waals surface area contributed by atoms with E-state index in [1.54, 1.807) is 4.57 Å². The monoisotopic (exact) mass is 416 g/mol. The smallest absolute Gasteiger partial charge is 0.396 e. The normalized spacial score (nSPS) is 25.1. The predicted molar refractivity (Wildman–Crippen MR) is 99.9 cm³/mol. The maximum Gasteiger partial charge on any atom is 0.488 e. The zero-order chi connectivity index (χ0) is 19.6. The third-order valence-corrected chi connectivity index (χ3v) is 5.77. The Labute approximate surface area is 161 Å². The molecule has 1 aliphatic rings. The number of aliphatic hydroxyl groups is 2. The van der Waals surface area contributed by atoms with Crippen LogP contribution in [0.5, 0.6) is 0 Å². The number of aromatic nitrogens is 4. The van der Waals surface area contributed by atoms with Crippen LogP contribution in [0.3, 0.4) is 0 Å². The maximum atomic E-state index is 10.4. The molecule has 4 atom stereocenters. The number of imidazole rings is 1. The van der Waals surface area contributed by atoms with Crippen LogP contribution >= 0.6 is 19.6 Å². The molecule has 0 saturated carbocycles. The minimum absolute atomic E-state index is 0.0189. The number of nitrogens with zero attached hydrogens (tertiary/aromatic N) is 4. The van der Waals surface area contributed by atoms with Crippen molar-refractivity contribution in [3.8, 4) is 0 Å². The van der Waals surface area contributed by atoms with E-state index < -0.39 is 26.3 Å². The summed E-state index contributed by atoms with van der Waals surface area (Å²) in [6.45, 7) is -0.0570. The van der Waals surface area contributed by atoms with Gasteiger partial charge >= 0.3 is 15.4 Å². The van der Waals surface area contributed by atoms with E-state index in [4.69, 9.17) is 27.7 Å². The molecule has 2 aromatic heterocycles. The first kappa shape index (κ1) is 20.7. The number of nitrogens with two attached hydrogens (primary N) is 1. The van der Waals surface area contributed by atoms with Crippen molar-refractivity contribution in [3.63, 3.8) is 0 Å². The fraction of sp³-hybridized carbons (Fsp3) is 0.615. The van der Waals surface area contributed by atoms with Crippen molar-refractivity contribution in [1.82, 2.24) is 19.5 Å². The summed E-state index contributed by atoms with van der Waals surface area (Å²) in [6, 6.07) is 0. The van der Waals surface area contributed by atoms with Gasteiger partial charge in [-0.1, -0.05) is 11.8 Å². The van der Waals surface area contributed by atoms with Gasteiger partial charge in [-0.05, 0) is 0 Å². The number of thioether (sulfide) groups is 1. The molecular weight excluding hydrogens is 396 g/mol. The summed E-state index contributed by atoms with van der Waals surface area (Å²) in [4.78, 5) is 22.4. The van der Waals surface area contributed by atoms with Crippen molar-refractivity contribution >= 4 is 44.1 Å². The summed E-state index contributed by atoms with van der Waals surface area (Å²) in [7, 11) is 3.31. The second-order valence-electron chi connectivity index (χ2n) is 5.78. The summed E-state index contributed by atoms with van der Waals surface area (Å²) in [6.07, 6.45) is -0.391. The third kappa shape index (κ3) is 4.69. The van der Waals surface area contributed by atoms with Gasteiger partial charge in [0.2, 0.25) is 0 Å². The molecule has 0 bridgehead atoms. The number of hydrogen-bond acceptors (Lipinski definition) is 11. The van der Waals surface area contributed by atoms with Gasteiger partial charge in [-0.25, -0.2) is 19.8 Å². The first-order valence-electron chi connectivity index (χ1n) is 8.02. The summed E-state index contributed by atoms with van der Waals surface area (Å²) < 4.78 is 17.2. The molecule has 1 aliphatic heterocycles. The topological polar surface area (TPSA) is 158 Å². The SMILES string of the molecule is [B][P+](O)(OC)OC[C@@H]1C[C@H](O)[C@H](n2cnc3c(N)nc(SCCO)nc32)O1. The molecule has 146 valence electrons. The van der Waals surface area contributed by atoms with E-state index in [2.05, 4.69) is 19.5 Å². The maximum absolute atomic E-state index is 10.4. The van der Waals surface area contributed by atoms with Crippen molar-refractivity contribution in [2.75, 3.05) is 31.8 Å². The first-order valence-corrected chi connectivity index (χ1v) is 10.7. The fourth-order valence-electron chi connectivity index (χ4n) is 2.64. The summed E-state index contributed by atoms with van der Waals surface area (Å²) in [5.74, 6) is 0.621. The lowest BCUT2D eigenvalue weighted by Crippen LogP contribution is -2.19. The van der Waals surface area contributed by atoms with Gasteiger partial charge in [0.1, 0.15) is 18.2 Å². The number of anilines is 1. The lowest BCUT2D eigenvalue weighted by Gasteiger charge is -2.17. The number of rotatable bonds is 8. The van der Waals surface area contributed by atoms with E-state index in [1.165, 1.54) is 25.2 Å². The molecule has 14 heteroatoms. The van der Waals surface area contributed by atoms with Gasteiger partial charge in [0.25, 0.3) is 0 Å². The molecule has 1 unspecified atom stereocenters. The van der Waals surface area contributed by atoms with E-state index in [1.807, 2.05) is 0 Å². The Hall–Kier alpha value is -1.05. The third-order valence-electron chi connectivity index (χ3n) is 3.90. The molecule has 1 saturated heterocycles. The lowest BCUT2D eigenvalue weighted by molar-refractivity contribution is -0.0473. The molecule has 0 amide bonds. The van der Waals surface area contributed by atoms with Gasteiger partial charge in [0.05, 0.1) is 26.1 Å². The molecule has 2 aromatic rings. The highest BCUT2D eigenvalue weighted by Gasteiger charge is 2.40. The molecule has 3 heterocycles. The largest absolute Gasteiger partial charge is 0.488 e. The molecule has 0 spiro atoms. The summed E-state index contributed by atoms with van der Waals surface area (Å²) in [5, 5.41) is 19.8. The highest BCUT2D eigenvalue weighted by molar-refractivity contribution is 7.99. The number of ether oxygens (including phenoxy) is 1. The summed E-state index contributed by atoms with van der Waals surface area (Å²) >= 11 is 1.25. The number of hydrogen-bond donors (Lipinski definition) is 4. The van der Waals surface area contributed by atoms with Crippen molar-refractivity contribution < 1.29 is 28.9 Å². The van der Waals surface area contributed by atoms with Crippen LogP contribution in [-0.4, -0.2) is 80.5 Å². The van der Waals surface area contributed by atoms with Gasteiger partial charge in [-0.2, -0.15) is 9.05 Å². The molecular formula is C13H20BN5O6PS+. The highest BCUT2D eigenvalue weighted by atomic mass is 32.2. The van der Waals surface area contributed by atoms with Crippen molar-refractivity contribution in [1.29, 1.82) is 0 Å². The Balaban J connectivity index is 1.79. The Morgan fingerprint density at radius 3 is 3.00 bits per heavy atom. The predicted octanol–water partition coefficient (Wildman–Crippen LogP) is -0.357. The van der Waals surface area contributed by atoms with Crippen LogP contribution in [0, 0.1) is 0 Å². The Morgan fingerprint density at radius 2 is 2.30 bits per heavy atom. The molecule has 3 rings (SSSR count). The van der Waals surface area contributed by atoms with E-state index in [0.717, 1.165) is 0 Å². The molecule has 0 aromatic carbocycles. The van der Waals surface area contributed by atoms with Crippen LogP contribution in [0.2, 0.25) is 0 Å². The molecule has 1 fully saturated rings. The van der Waals surface area contributed by atoms with Crippen LogP contribution in [0.4, 0.5) is 5.82 Å². The van der Waals surface area contributed by atoms with Crippen LogP contribution in [0.1, 0.15) is 12.6 Å². The minimum Gasteiger partial charge on any atom is -0.396 e. The Kier molecular flexibility index (Phi) is 6.54. The van der Waals surface area contributed by atoms with Crippen LogP contribution < -0.4 is 5.73 Å². The second kappa shape index (κ2) is 8.54. The number of aliphatic hydroxyl groups excluding tert-OH is 2. The standard InChI is InChI=1S/C13H20BN5O6PS/c1-23-26(14,22)24-5-7-4-8(21)12(25-7)19-6-16-9-10(15)17-13(18-11(9)19)27-3-2-20/h6-8,12,20-22H,2-5H2,1H3,(H2,15,17,18)/q+1/t7-,8-,12+,26?/m0/s1. The Bertz CT molecular complexity index is 798. The number of fused-ring (bicyclic) bond motifs is 1. The molecule has 11 nitrogen and oxygen atoms in total. The molecule has 5 N–H and O–H groups in total. The average Bonchev–Trinajstić information content (AvgIpc) is 3.21. The molecule has 27 heavy (non-hydrogen) atoms. The van der Waals surface area contributed by atoms with Gasteiger partial charge in [-0.3, -0.25) is 4.57 Å². The van der Waals surface area contributed by atoms with Gasteiger partial charge in [0.15, 0.2) is 22.8 Å². The highest BCUT2D eigenvalue weighted by Crippen LogP contribution is 2.51. The zero-order valence-corrected chi connectivity index (χ0v) is 16.2. The molecule has 0 aliphatic carbocycles. The van der Waals surface area contributed by atoms with Crippen LogP contribution in [-0.2, 0) is 13.8 Å². The van der Waals surface area contributed by atoms with Crippen molar-refractivity contribution in [3.05, 3.63) is 6.33 Å². The van der Waals surface area contributed by atoms with E-state index in [9.17, 15) is 10.00 Å². The molecule has 2 radical (unpaired) electrons. The van der Waals surface area contributed by atoms with Crippen LogP contribution in [0.25, 0.3) is 11.2 Å². The van der Waals surface area contributed by atoms with Gasteiger partial charge in [-0.15, -0.1) is 0 Å². The first-order chi connectivity index (χ1) is 12.8. The lowest BCUT2D eigenvalue weighted by atomic mass is 10.2. The Morgan fingerprint density at radius 1 is 1.52 bits per heavy atom. The number of nitrogen functional groups attached to an aromatic ring is 1. The van der Waals surface area contributed by atoms with Crippen molar-refractivity contribution in [2.24, 2.45) is 0 Å². The van der Waals surface area contributed by atoms with E-state index >= 15 is 0 Å². The zero-order valence-electron chi connectivity index (χ0n) is 14.5. The van der Waals surface area contributed by atoms with E-state index in [0.29, 0.717) is 22.1 Å². The van der Waals surface area contributed by atoms with E-state index in [-0.39, 0.29) is 25.5 Å². The van der Waals surface area contributed by atoms with Gasteiger partial charge < -0.3 is 20.7 Å². The second-order valence-corrected chi connectivity index (χ2v) is 8.60. The van der Waals surface area contributed by atoms with Gasteiger partial charge in [0, 0.05) is 12.2 Å². The summed E-state index contributed by atoms with van der Waals surface area (Å²) in [5.41, 5.74) is 6.74. The van der Waals surface area contributed by atoms with Crippen LogP contribution in [0.15, 0.2) is 11.5 Å².